The Hall–Kier alpha value is -2.12. The van der Waals surface area contributed by atoms with Gasteiger partial charge in [-0.15, -0.1) is 0 Å². The Morgan fingerprint density at radius 3 is 2.52 bits per heavy atom. The van der Waals surface area contributed by atoms with E-state index in [-0.39, 0.29) is 29.4 Å². The average Bonchev–Trinajstić information content (AvgIpc) is 2.48. The SMILES string of the molecule is COCCNC(=O)C(=O)Nc1cc(C(=O)OC)ccc1Cl. The molecule has 21 heavy (non-hydrogen) atoms. The maximum atomic E-state index is 11.7. The predicted molar refractivity (Wildman–Crippen MR) is 76.3 cm³/mol. The third kappa shape index (κ3) is 5.05. The van der Waals surface area contributed by atoms with E-state index in [1.165, 1.54) is 32.4 Å². The lowest BCUT2D eigenvalue weighted by molar-refractivity contribution is -0.136. The van der Waals surface area contributed by atoms with Crippen LogP contribution in [0.5, 0.6) is 0 Å². The molecule has 0 saturated heterocycles. The molecule has 8 heteroatoms. The number of hydrogen-bond acceptors (Lipinski definition) is 5. The summed E-state index contributed by atoms with van der Waals surface area (Å²) in [6.07, 6.45) is 0. The molecule has 0 unspecified atom stereocenters. The fraction of sp³-hybridized carbons (Fsp3) is 0.308. The average molecular weight is 315 g/mol. The standard InChI is InChI=1S/C13H15ClN2O5/c1-20-6-5-15-11(17)12(18)16-10-7-8(13(19)21-2)3-4-9(10)14/h3-4,7H,5-6H2,1-2H3,(H,15,17)(H,16,18). The normalized spacial score (nSPS) is 9.86. The molecule has 2 N–H and O–H groups in total. The maximum Gasteiger partial charge on any atom is 0.337 e. The van der Waals surface area contributed by atoms with Crippen LogP contribution in [0.3, 0.4) is 0 Å². The van der Waals surface area contributed by atoms with Crippen LogP contribution in [0.15, 0.2) is 18.2 Å². The summed E-state index contributed by atoms with van der Waals surface area (Å²) in [5.41, 5.74) is 0.350. The molecule has 0 heterocycles. The number of methoxy groups -OCH3 is 2. The van der Waals surface area contributed by atoms with Gasteiger partial charge in [0.2, 0.25) is 0 Å². The van der Waals surface area contributed by atoms with Gasteiger partial charge in [-0.25, -0.2) is 4.79 Å². The van der Waals surface area contributed by atoms with Crippen molar-refractivity contribution in [3.63, 3.8) is 0 Å². The van der Waals surface area contributed by atoms with Gasteiger partial charge in [0.1, 0.15) is 0 Å². The highest BCUT2D eigenvalue weighted by Crippen LogP contribution is 2.23. The van der Waals surface area contributed by atoms with E-state index < -0.39 is 17.8 Å². The van der Waals surface area contributed by atoms with Crippen molar-refractivity contribution in [3.05, 3.63) is 28.8 Å². The first-order chi connectivity index (χ1) is 9.99. The first-order valence-corrected chi connectivity index (χ1v) is 6.33. The van der Waals surface area contributed by atoms with Crippen LogP contribution >= 0.6 is 11.6 Å². The van der Waals surface area contributed by atoms with E-state index in [0.717, 1.165) is 0 Å². The van der Waals surface area contributed by atoms with E-state index in [0.29, 0.717) is 0 Å². The third-order valence-corrected chi connectivity index (χ3v) is 2.76. The number of nitrogens with one attached hydrogen (secondary N) is 2. The van der Waals surface area contributed by atoms with Gasteiger partial charge in [-0.1, -0.05) is 11.6 Å². The molecule has 1 aromatic rings. The molecule has 0 fully saturated rings. The molecule has 114 valence electrons. The van der Waals surface area contributed by atoms with Crippen molar-refractivity contribution >= 4 is 35.1 Å². The Bertz CT molecular complexity index is 547. The second-order valence-electron chi connectivity index (χ2n) is 3.89. The Morgan fingerprint density at radius 2 is 1.90 bits per heavy atom. The molecule has 1 rings (SSSR count). The predicted octanol–water partition coefficient (Wildman–Crippen LogP) is 0.828. The molecule has 0 aliphatic heterocycles. The summed E-state index contributed by atoms with van der Waals surface area (Å²) >= 11 is 5.90. The second-order valence-corrected chi connectivity index (χ2v) is 4.30. The van der Waals surface area contributed by atoms with E-state index in [1.807, 2.05) is 0 Å². The minimum Gasteiger partial charge on any atom is -0.465 e. The number of carbonyl (C=O) groups is 3. The van der Waals surface area contributed by atoms with Gasteiger partial charge in [-0.2, -0.15) is 0 Å². The molecule has 0 atom stereocenters. The van der Waals surface area contributed by atoms with Crippen molar-refractivity contribution in [2.75, 3.05) is 32.7 Å². The second kappa shape index (κ2) is 8.23. The zero-order valence-electron chi connectivity index (χ0n) is 11.6. The van der Waals surface area contributed by atoms with E-state index in [4.69, 9.17) is 16.3 Å². The summed E-state index contributed by atoms with van der Waals surface area (Å²) in [4.78, 5) is 34.6. The molecular weight excluding hydrogens is 300 g/mol. The molecule has 2 amide bonds. The fourth-order valence-electron chi connectivity index (χ4n) is 1.39. The Kier molecular flexibility index (Phi) is 6.64. The number of ether oxygens (including phenoxy) is 2. The molecule has 0 aliphatic carbocycles. The fourth-order valence-corrected chi connectivity index (χ4v) is 1.56. The number of amides is 2. The number of benzene rings is 1. The van der Waals surface area contributed by atoms with Crippen molar-refractivity contribution in [3.8, 4) is 0 Å². The Balaban J connectivity index is 2.75. The highest BCUT2D eigenvalue weighted by atomic mass is 35.5. The van der Waals surface area contributed by atoms with Gasteiger partial charge in [0, 0.05) is 13.7 Å². The van der Waals surface area contributed by atoms with Gasteiger partial charge in [0.25, 0.3) is 0 Å². The lowest BCUT2D eigenvalue weighted by Crippen LogP contribution is -2.37. The number of anilines is 1. The summed E-state index contributed by atoms with van der Waals surface area (Å²) in [5, 5.41) is 4.88. The van der Waals surface area contributed by atoms with Gasteiger partial charge >= 0.3 is 17.8 Å². The molecule has 0 aromatic heterocycles. The van der Waals surface area contributed by atoms with Gasteiger partial charge in [-0.05, 0) is 18.2 Å². The molecule has 0 radical (unpaired) electrons. The van der Waals surface area contributed by atoms with Crippen molar-refractivity contribution in [1.29, 1.82) is 0 Å². The van der Waals surface area contributed by atoms with Crippen molar-refractivity contribution in [1.82, 2.24) is 5.32 Å². The van der Waals surface area contributed by atoms with Crippen LogP contribution < -0.4 is 10.6 Å². The van der Waals surface area contributed by atoms with Crippen LogP contribution in [0.25, 0.3) is 0 Å². The molecule has 0 bridgehead atoms. The summed E-state index contributed by atoms with van der Waals surface area (Å²) < 4.78 is 9.31. The Morgan fingerprint density at radius 1 is 1.19 bits per heavy atom. The van der Waals surface area contributed by atoms with Crippen molar-refractivity contribution in [2.45, 2.75) is 0 Å². The van der Waals surface area contributed by atoms with Gasteiger partial charge < -0.3 is 20.1 Å². The minimum absolute atomic E-state index is 0.145. The molecule has 1 aromatic carbocycles. The first kappa shape index (κ1) is 16.9. The quantitative estimate of drug-likeness (QED) is 0.477. The number of esters is 1. The van der Waals surface area contributed by atoms with E-state index in [2.05, 4.69) is 15.4 Å². The van der Waals surface area contributed by atoms with Crippen LogP contribution in [0, 0.1) is 0 Å². The van der Waals surface area contributed by atoms with Crippen LogP contribution in [0.2, 0.25) is 5.02 Å². The van der Waals surface area contributed by atoms with Crippen LogP contribution in [-0.2, 0) is 19.1 Å². The monoisotopic (exact) mass is 314 g/mol. The topological polar surface area (TPSA) is 93.7 Å². The maximum absolute atomic E-state index is 11.7. The van der Waals surface area contributed by atoms with Crippen molar-refractivity contribution in [2.24, 2.45) is 0 Å². The van der Waals surface area contributed by atoms with Crippen molar-refractivity contribution < 1.29 is 23.9 Å². The number of halogens is 1. The van der Waals surface area contributed by atoms with Crippen LogP contribution in [0.1, 0.15) is 10.4 Å². The first-order valence-electron chi connectivity index (χ1n) is 5.95. The largest absolute Gasteiger partial charge is 0.465 e. The summed E-state index contributed by atoms with van der Waals surface area (Å²) in [7, 11) is 2.71. The lowest BCUT2D eigenvalue weighted by Gasteiger charge is -2.09. The molecule has 0 saturated carbocycles. The molecular formula is C13H15ClN2O5. The zero-order chi connectivity index (χ0) is 15.8. The minimum atomic E-state index is -0.894. The van der Waals surface area contributed by atoms with E-state index >= 15 is 0 Å². The number of hydrogen-bond donors (Lipinski definition) is 2. The van der Waals surface area contributed by atoms with Crippen LogP contribution in [0.4, 0.5) is 5.69 Å². The molecule has 0 aliphatic rings. The smallest absolute Gasteiger partial charge is 0.337 e. The third-order valence-electron chi connectivity index (χ3n) is 2.43. The highest BCUT2D eigenvalue weighted by molar-refractivity contribution is 6.41. The lowest BCUT2D eigenvalue weighted by atomic mass is 10.2. The summed E-state index contributed by atoms with van der Waals surface area (Å²) in [6.45, 7) is 0.496. The van der Waals surface area contributed by atoms with Gasteiger partial charge in [0.15, 0.2) is 0 Å². The number of rotatable bonds is 5. The van der Waals surface area contributed by atoms with Crippen LogP contribution in [-0.4, -0.2) is 45.2 Å². The van der Waals surface area contributed by atoms with E-state index in [1.54, 1.807) is 0 Å². The summed E-state index contributed by atoms with van der Waals surface area (Å²) in [5.74, 6) is -2.30. The molecule has 0 spiro atoms. The highest BCUT2D eigenvalue weighted by Gasteiger charge is 2.16. The number of carbonyl (C=O) groups excluding carboxylic acids is 3. The summed E-state index contributed by atoms with van der Waals surface area (Å²) in [6, 6.07) is 4.20. The Labute approximate surface area is 126 Å². The van der Waals surface area contributed by atoms with Gasteiger partial charge in [0.05, 0.1) is 30.0 Å². The molecule has 7 nitrogen and oxygen atoms in total. The zero-order valence-corrected chi connectivity index (χ0v) is 12.3. The van der Waals surface area contributed by atoms with Gasteiger partial charge in [-0.3, -0.25) is 9.59 Å². The van der Waals surface area contributed by atoms with E-state index in [9.17, 15) is 14.4 Å².